The third-order valence-corrected chi connectivity index (χ3v) is 3.29. The van der Waals surface area contributed by atoms with Crippen LogP contribution >= 0.6 is 0 Å². The molecule has 3 atom stereocenters. The second-order valence-corrected chi connectivity index (χ2v) is 4.85. The Hall–Kier alpha value is -1.43. The number of rotatable bonds is 4. The first kappa shape index (κ1) is 15.6. The van der Waals surface area contributed by atoms with Crippen molar-refractivity contribution in [2.75, 3.05) is 13.2 Å². The summed E-state index contributed by atoms with van der Waals surface area (Å²) in [5.74, 6) is -3.51. The lowest BCUT2D eigenvalue weighted by atomic mass is 9.71. The van der Waals surface area contributed by atoms with Gasteiger partial charge in [-0.1, -0.05) is 0 Å². The van der Waals surface area contributed by atoms with Gasteiger partial charge in [0, 0.05) is 6.42 Å². The molecule has 6 heteroatoms. The van der Waals surface area contributed by atoms with E-state index in [-0.39, 0.29) is 26.1 Å². The highest BCUT2D eigenvalue weighted by atomic mass is 16.5. The van der Waals surface area contributed by atoms with Crippen LogP contribution < -0.4 is 0 Å². The second-order valence-electron chi connectivity index (χ2n) is 4.85. The molecular weight excluding hydrogens is 252 g/mol. The lowest BCUT2D eigenvalue weighted by Crippen LogP contribution is -2.50. The van der Waals surface area contributed by atoms with Gasteiger partial charge in [0.1, 0.15) is 11.7 Å². The van der Waals surface area contributed by atoms with Crippen LogP contribution in [0.25, 0.3) is 0 Å². The topological polar surface area (TPSA) is 89.9 Å². The van der Waals surface area contributed by atoms with Crippen molar-refractivity contribution in [2.45, 2.75) is 39.2 Å². The molecule has 1 fully saturated rings. The van der Waals surface area contributed by atoms with Crippen LogP contribution in [0.15, 0.2) is 0 Å². The van der Waals surface area contributed by atoms with Crippen molar-refractivity contribution in [3.05, 3.63) is 0 Å². The normalized spacial score (nSPS) is 30.8. The molecule has 0 spiro atoms. The highest BCUT2D eigenvalue weighted by Gasteiger charge is 2.50. The molecule has 108 valence electrons. The van der Waals surface area contributed by atoms with Crippen LogP contribution in [0.1, 0.15) is 33.6 Å². The maximum Gasteiger partial charge on any atom is 0.316 e. The predicted octanol–water partition coefficient (Wildman–Crippen LogP) is 0.459. The van der Waals surface area contributed by atoms with Gasteiger partial charge in [0.15, 0.2) is 0 Å². The lowest BCUT2D eigenvalue weighted by Gasteiger charge is -2.37. The van der Waals surface area contributed by atoms with Crippen LogP contribution in [0.2, 0.25) is 0 Å². The molecule has 0 aromatic rings. The zero-order valence-corrected chi connectivity index (χ0v) is 11.5. The molecule has 0 aromatic heterocycles. The Morgan fingerprint density at radius 3 is 2.32 bits per heavy atom. The Morgan fingerprint density at radius 1 is 1.26 bits per heavy atom. The van der Waals surface area contributed by atoms with Gasteiger partial charge in [0.2, 0.25) is 0 Å². The number of hydrogen-bond donors (Lipinski definition) is 1. The average molecular weight is 272 g/mol. The summed E-state index contributed by atoms with van der Waals surface area (Å²) in [5.41, 5.74) is -1.48. The van der Waals surface area contributed by atoms with Crippen molar-refractivity contribution in [3.63, 3.8) is 0 Å². The molecule has 0 aliphatic heterocycles. The standard InChI is InChI=1S/C13H20O6/c1-4-18-11(15)8-6-9(12(16)19-5-2)13(3,17)7-10(8)14/h8-9,17H,4-7H2,1-3H3/t8-,9-,13+/m0/s1. The summed E-state index contributed by atoms with van der Waals surface area (Å²) < 4.78 is 9.69. The van der Waals surface area contributed by atoms with Gasteiger partial charge in [-0.2, -0.15) is 0 Å². The Morgan fingerprint density at radius 2 is 1.79 bits per heavy atom. The van der Waals surface area contributed by atoms with Crippen LogP contribution in [0.5, 0.6) is 0 Å². The van der Waals surface area contributed by atoms with Crippen LogP contribution in [0.3, 0.4) is 0 Å². The molecule has 0 aromatic carbocycles. The number of hydrogen-bond acceptors (Lipinski definition) is 6. The van der Waals surface area contributed by atoms with Crippen LogP contribution in [0, 0.1) is 11.8 Å². The maximum absolute atomic E-state index is 11.8. The van der Waals surface area contributed by atoms with E-state index in [2.05, 4.69) is 0 Å². The molecule has 1 saturated carbocycles. The fraction of sp³-hybridized carbons (Fsp3) is 0.769. The molecule has 0 radical (unpaired) electrons. The number of esters is 2. The van der Waals surface area contributed by atoms with E-state index in [1.807, 2.05) is 0 Å². The Balaban J connectivity index is 2.88. The van der Waals surface area contributed by atoms with Gasteiger partial charge < -0.3 is 14.6 Å². The summed E-state index contributed by atoms with van der Waals surface area (Å²) in [6, 6.07) is 0. The highest BCUT2D eigenvalue weighted by Crippen LogP contribution is 2.36. The summed E-state index contributed by atoms with van der Waals surface area (Å²) >= 11 is 0. The van der Waals surface area contributed by atoms with E-state index in [4.69, 9.17) is 9.47 Å². The fourth-order valence-corrected chi connectivity index (χ4v) is 2.28. The molecule has 1 rings (SSSR count). The summed E-state index contributed by atoms with van der Waals surface area (Å²) in [6.07, 6.45) is -0.316. The number of ether oxygens (including phenoxy) is 2. The number of aliphatic hydroxyl groups is 1. The largest absolute Gasteiger partial charge is 0.466 e. The summed E-state index contributed by atoms with van der Waals surface area (Å²) in [4.78, 5) is 35.3. The van der Waals surface area contributed by atoms with Crippen molar-refractivity contribution >= 4 is 17.7 Å². The van der Waals surface area contributed by atoms with Crippen LogP contribution in [0.4, 0.5) is 0 Å². The number of Topliss-reactive ketones (excluding diaryl/α,β-unsaturated/α-hetero) is 1. The van der Waals surface area contributed by atoms with Crippen molar-refractivity contribution in [1.29, 1.82) is 0 Å². The van der Waals surface area contributed by atoms with Gasteiger partial charge in [-0.3, -0.25) is 14.4 Å². The molecule has 1 aliphatic carbocycles. The average Bonchev–Trinajstić information content (AvgIpc) is 2.28. The summed E-state index contributed by atoms with van der Waals surface area (Å²) in [6.45, 7) is 5.06. The van der Waals surface area contributed by atoms with Gasteiger partial charge in [0.25, 0.3) is 0 Å². The molecule has 6 nitrogen and oxygen atoms in total. The Bertz CT molecular complexity index is 373. The molecule has 1 aliphatic rings. The molecule has 0 amide bonds. The van der Waals surface area contributed by atoms with E-state index < -0.39 is 35.2 Å². The summed E-state index contributed by atoms with van der Waals surface area (Å²) in [7, 11) is 0. The molecular formula is C13H20O6. The van der Waals surface area contributed by atoms with E-state index in [1.165, 1.54) is 6.92 Å². The van der Waals surface area contributed by atoms with E-state index in [0.29, 0.717) is 0 Å². The molecule has 0 saturated heterocycles. The molecule has 0 bridgehead atoms. The van der Waals surface area contributed by atoms with E-state index >= 15 is 0 Å². The fourth-order valence-electron chi connectivity index (χ4n) is 2.28. The van der Waals surface area contributed by atoms with E-state index in [9.17, 15) is 19.5 Å². The predicted molar refractivity (Wildman–Crippen MR) is 65.1 cm³/mol. The maximum atomic E-state index is 11.8. The SMILES string of the molecule is CCOC(=O)[C@H]1C[C@@H](C(=O)OCC)[C@](C)(O)CC1=O. The minimum atomic E-state index is -1.48. The van der Waals surface area contributed by atoms with Crippen molar-refractivity contribution in [3.8, 4) is 0 Å². The zero-order chi connectivity index (χ0) is 14.6. The zero-order valence-electron chi connectivity index (χ0n) is 11.5. The minimum Gasteiger partial charge on any atom is -0.466 e. The lowest BCUT2D eigenvalue weighted by molar-refractivity contribution is -0.169. The third-order valence-electron chi connectivity index (χ3n) is 3.29. The third kappa shape index (κ3) is 3.53. The van der Waals surface area contributed by atoms with Crippen molar-refractivity contribution in [2.24, 2.45) is 11.8 Å². The summed E-state index contributed by atoms with van der Waals surface area (Å²) in [5, 5.41) is 10.2. The first-order valence-electron chi connectivity index (χ1n) is 6.41. The smallest absolute Gasteiger partial charge is 0.316 e. The van der Waals surface area contributed by atoms with Gasteiger partial charge in [-0.15, -0.1) is 0 Å². The monoisotopic (exact) mass is 272 g/mol. The van der Waals surface area contributed by atoms with Crippen molar-refractivity contribution in [1.82, 2.24) is 0 Å². The molecule has 0 unspecified atom stereocenters. The van der Waals surface area contributed by atoms with E-state index in [0.717, 1.165) is 0 Å². The first-order chi connectivity index (χ1) is 8.83. The Labute approximate surface area is 112 Å². The van der Waals surface area contributed by atoms with E-state index in [1.54, 1.807) is 13.8 Å². The highest BCUT2D eigenvalue weighted by molar-refractivity contribution is 6.01. The molecule has 1 N–H and O–H groups in total. The van der Waals surface area contributed by atoms with Gasteiger partial charge >= 0.3 is 11.9 Å². The number of carbonyl (C=O) groups is 3. The number of ketones is 1. The molecule has 19 heavy (non-hydrogen) atoms. The van der Waals surface area contributed by atoms with Gasteiger partial charge in [-0.05, 0) is 27.2 Å². The minimum absolute atomic E-state index is 0.0660. The van der Waals surface area contributed by atoms with Gasteiger partial charge in [0.05, 0.1) is 24.7 Å². The Kier molecular flexibility index (Phi) is 5.05. The number of carbonyl (C=O) groups excluding carboxylic acids is 3. The first-order valence-corrected chi connectivity index (χ1v) is 6.41. The van der Waals surface area contributed by atoms with Crippen LogP contribution in [-0.2, 0) is 23.9 Å². The van der Waals surface area contributed by atoms with Gasteiger partial charge in [-0.25, -0.2) is 0 Å². The quantitative estimate of drug-likeness (QED) is 0.590. The second kappa shape index (κ2) is 6.14. The van der Waals surface area contributed by atoms with Crippen molar-refractivity contribution < 1.29 is 29.0 Å². The van der Waals surface area contributed by atoms with Crippen LogP contribution in [-0.4, -0.2) is 41.6 Å². The molecule has 0 heterocycles.